The summed E-state index contributed by atoms with van der Waals surface area (Å²) in [5.41, 5.74) is 2.12. The summed E-state index contributed by atoms with van der Waals surface area (Å²) >= 11 is 1.74. The van der Waals surface area contributed by atoms with Gasteiger partial charge < -0.3 is 14.6 Å². The Kier molecular flexibility index (Phi) is 5.13. The van der Waals surface area contributed by atoms with Gasteiger partial charge in [0.15, 0.2) is 0 Å². The molecule has 0 saturated carbocycles. The van der Waals surface area contributed by atoms with Gasteiger partial charge in [0, 0.05) is 22.9 Å². The second-order valence-electron chi connectivity index (χ2n) is 5.80. The second-order valence-corrected chi connectivity index (χ2v) is 6.71. The standard InChI is InChI=1S/C19H20N2O2S/c1-21(2)17(16-13-24-18-6-4-3-5-15(16)18)11-20-19(22)8-7-14-9-10-23-12-14/h3-10,12-13,17H,11H2,1-2H3,(H,20,22)/b8-7+/t17-/m0/s1. The Labute approximate surface area is 145 Å². The molecule has 5 heteroatoms. The van der Waals surface area contributed by atoms with Crippen molar-refractivity contribution in [2.24, 2.45) is 0 Å². The normalized spacial score (nSPS) is 13.0. The van der Waals surface area contributed by atoms with Crippen molar-refractivity contribution in [3.8, 4) is 0 Å². The first-order valence-electron chi connectivity index (χ1n) is 7.76. The van der Waals surface area contributed by atoms with Gasteiger partial charge >= 0.3 is 0 Å². The van der Waals surface area contributed by atoms with Crippen LogP contribution in [0.2, 0.25) is 0 Å². The zero-order chi connectivity index (χ0) is 16.9. The van der Waals surface area contributed by atoms with Crippen LogP contribution in [0.5, 0.6) is 0 Å². The summed E-state index contributed by atoms with van der Waals surface area (Å²) in [5.74, 6) is -0.109. The van der Waals surface area contributed by atoms with Crippen LogP contribution in [0.15, 0.2) is 58.7 Å². The Morgan fingerprint density at radius 2 is 2.17 bits per heavy atom. The van der Waals surface area contributed by atoms with Gasteiger partial charge in [-0.1, -0.05) is 18.2 Å². The first-order valence-corrected chi connectivity index (χ1v) is 8.64. The number of thiophene rings is 1. The summed E-state index contributed by atoms with van der Waals surface area (Å²) in [6.07, 6.45) is 6.46. The molecule has 0 aliphatic heterocycles. The molecule has 1 aromatic carbocycles. The zero-order valence-electron chi connectivity index (χ0n) is 13.7. The van der Waals surface area contributed by atoms with E-state index in [1.54, 1.807) is 29.9 Å². The lowest BCUT2D eigenvalue weighted by molar-refractivity contribution is -0.116. The fraction of sp³-hybridized carbons (Fsp3) is 0.211. The quantitative estimate of drug-likeness (QED) is 0.692. The largest absolute Gasteiger partial charge is 0.472 e. The minimum absolute atomic E-state index is 0.109. The number of benzene rings is 1. The lowest BCUT2D eigenvalue weighted by Crippen LogP contribution is -2.33. The van der Waals surface area contributed by atoms with E-state index in [-0.39, 0.29) is 11.9 Å². The number of amides is 1. The number of rotatable bonds is 6. The molecule has 0 radical (unpaired) electrons. The van der Waals surface area contributed by atoms with Crippen molar-refractivity contribution in [2.45, 2.75) is 6.04 Å². The summed E-state index contributed by atoms with van der Waals surface area (Å²) < 4.78 is 6.25. The monoisotopic (exact) mass is 340 g/mol. The van der Waals surface area contributed by atoms with Crippen LogP contribution in [0.4, 0.5) is 0 Å². The molecule has 0 aliphatic rings. The highest BCUT2D eigenvalue weighted by atomic mass is 32.1. The summed E-state index contributed by atoms with van der Waals surface area (Å²) in [4.78, 5) is 14.2. The molecule has 0 spiro atoms. The van der Waals surface area contributed by atoms with Crippen molar-refractivity contribution in [3.63, 3.8) is 0 Å². The highest BCUT2D eigenvalue weighted by Gasteiger charge is 2.18. The summed E-state index contributed by atoms with van der Waals surface area (Å²) in [6.45, 7) is 0.558. The molecule has 2 heterocycles. The number of nitrogens with one attached hydrogen (secondary N) is 1. The predicted molar refractivity (Wildman–Crippen MR) is 99.0 cm³/mol. The smallest absolute Gasteiger partial charge is 0.244 e. The molecule has 0 fully saturated rings. The van der Waals surface area contributed by atoms with Gasteiger partial charge in [-0.2, -0.15) is 0 Å². The highest BCUT2D eigenvalue weighted by molar-refractivity contribution is 7.17. The van der Waals surface area contributed by atoms with Gasteiger partial charge in [-0.25, -0.2) is 0 Å². The second kappa shape index (κ2) is 7.47. The van der Waals surface area contributed by atoms with Gasteiger partial charge in [0.1, 0.15) is 0 Å². The van der Waals surface area contributed by atoms with Crippen molar-refractivity contribution in [3.05, 3.63) is 65.4 Å². The lowest BCUT2D eigenvalue weighted by atomic mass is 10.0. The van der Waals surface area contributed by atoms with Crippen molar-refractivity contribution >= 4 is 33.4 Å². The first-order chi connectivity index (χ1) is 11.6. The van der Waals surface area contributed by atoms with E-state index in [0.717, 1.165) is 5.56 Å². The molecule has 0 saturated heterocycles. The topological polar surface area (TPSA) is 45.5 Å². The number of hydrogen-bond acceptors (Lipinski definition) is 4. The van der Waals surface area contributed by atoms with Crippen LogP contribution in [0, 0.1) is 0 Å². The van der Waals surface area contributed by atoms with Crippen LogP contribution in [-0.2, 0) is 4.79 Å². The summed E-state index contributed by atoms with van der Waals surface area (Å²) in [5, 5.41) is 6.42. The molecule has 1 amide bonds. The van der Waals surface area contributed by atoms with E-state index in [1.807, 2.05) is 20.2 Å². The maximum Gasteiger partial charge on any atom is 0.244 e. The number of carbonyl (C=O) groups is 1. The Hall–Kier alpha value is -2.37. The molecule has 2 aromatic heterocycles. The van der Waals surface area contributed by atoms with Gasteiger partial charge in [0.2, 0.25) is 5.91 Å². The van der Waals surface area contributed by atoms with Crippen LogP contribution in [0.1, 0.15) is 17.2 Å². The van der Waals surface area contributed by atoms with Crippen molar-refractivity contribution < 1.29 is 9.21 Å². The molecule has 0 unspecified atom stereocenters. The van der Waals surface area contributed by atoms with Crippen LogP contribution in [0.3, 0.4) is 0 Å². The molecule has 3 rings (SSSR count). The highest BCUT2D eigenvalue weighted by Crippen LogP contribution is 2.31. The van der Waals surface area contributed by atoms with E-state index in [2.05, 4.69) is 39.9 Å². The minimum atomic E-state index is -0.109. The Balaban J connectivity index is 1.69. The molecule has 4 nitrogen and oxygen atoms in total. The van der Waals surface area contributed by atoms with Crippen molar-refractivity contribution in [1.82, 2.24) is 10.2 Å². The molecule has 0 bridgehead atoms. The maximum absolute atomic E-state index is 12.1. The Morgan fingerprint density at radius 3 is 2.92 bits per heavy atom. The van der Waals surface area contributed by atoms with Crippen molar-refractivity contribution in [2.75, 3.05) is 20.6 Å². The van der Waals surface area contributed by atoms with E-state index < -0.39 is 0 Å². The Bertz CT molecular complexity index is 834. The van der Waals surface area contributed by atoms with Gasteiger partial charge in [0.25, 0.3) is 0 Å². The van der Waals surface area contributed by atoms with E-state index >= 15 is 0 Å². The Morgan fingerprint density at radius 1 is 1.33 bits per heavy atom. The molecular weight excluding hydrogens is 320 g/mol. The minimum Gasteiger partial charge on any atom is -0.472 e. The number of likely N-dealkylation sites (N-methyl/N-ethyl adjacent to an activating group) is 1. The van der Waals surface area contributed by atoms with Gasteiger partial charge in [-0.15, -0.1) is 11.3 Å². The van der Waals surface area contributed by atoms with E-state index in [1.165, 1.54) is 21.7 Å². The van der Waals surface area contributed by atoms with Crippen LogP contribution < -0.4 is 5.32 Å². The number of furan rings is 1. The zero-order valence-corrected chi connectivity index (χ0v) is 14.5. The predicted octanol–water partition coefficient (Wildman–Crippen LogP) is 3.93. The molecule has 3 aromatic rings. The number of fused-ring (bicyclic) bond motifs is 1. The van der Waals surface area contributed by atoms with Crippen molar-refractivity contribution in [1.29, 1.82) is 0 Å². The third-order valence-electron chi connectivity index (χ3n) is 3.93. The third-order valence-corrected chi connectivity index (χ3v) is 4.91. The molecule has 0 aliphatic carbocycles. The molecule has 1 atom stereocenters. The van der Waals surface area contributed by atoms with Crippen LogP contribution >= 0.6 is 11.3 Å². The molecule has 24 heavy (non-hydrogen) atoms. The fourth-order valence-electron chi connectivity index (χ4n) is 2.63. The molecule has 124 valence electrons. The molecular formula is C19H20N2O2S. The van der Waals surface area contributed by atoms with Gasteiger partial charge in [-0.3, -0.25) is 4.79 Å². The molecule has 1 N–H and O–H groups in total. The van der Waals surface area contributed by atoms with E-state index in [4.69, 9.17) is 4.42 Å². The number of nitrogens with zero attached hydrogens (tertiary/aromatic N) is 1. The van der Waals surface area contributed by atoms with E-state index in [0.29, 0.717) is 6.54 Å². The summed E-state index contributed by atoms with van der Waals surface area (Å²) in [6, 6.07) is 10.3. The van der Waals surface area contributed by atoms with E-state index in [9.17, 15) is 4.79 Å². The maximum atomic E-state index is 12.1. The van der Waals surface area contributed by atoms with Crippen LogP contribution in [-0.4, -0.2) is 31.4 Å². The number of hydrogen-bond donors (Lipinski definition) is 1. The fourth-order valence-corrected chi connectivity index (χ4v) is 3.63. The van der Waals surface area contributed by atoms with Gasteiger partial charge in [-0.05, 0) is 48.6 Å². The van der Waals surface area contributed by atoms with Crippen LogP contribution in [0.25, 0.3) is 16.2 Å². The number of carbonyl (C=O) groups excluding carboxylic acids is 1. The first kappa shape index (κ1) is 16.5. The van der Waals surface area contributed by atoms with Gasteiger partial charge in [0.05, 0.1) is 18.6 Å². The summed E-state index contributed by atoms with van der Waals surface area (Å²) in [7, 11) is 4.06. The average molecular weight is 340 g/mol. The average Bonchev–Trinajstić information content (AvgIpc) is 3.23. The lowest BCUT2D eigenvalue weighted by Gasteiger charge is -2.24. The third kappa shape index (κ3) is 3.75. The SMILES string of the molecule is CN(C)[C@@H](CNC(=O)/C=C/c1ccoc1)c1csc2ccccc12.